The standard InChI is InChI=1S/C21H24Cl3N3O3S/c1-3-26-8-10-27(11-9-26)31(29,30)16-5-7-18(22)17(13-16)21(28)25(2)14-15-4-6-19(23)20(24)12-15/h4-7,12-13H,3,8-11,14H2,1-2H3. The highest BCUT2D eigenvalue weighted by molar-refractivity contribution is 7.89. The molecule has 0 aromatic heterocycles. The normalized spacial score (nSPS) is 15.8. The van der Waals surface area contributed by atoms with Crippen LogP contribution in [-0.2, 0) is 16.6 Å². The zero-order chi connectivity index (χ0) is 22.8. The minimum absolute atomic E-state index is 0.0631. The average Bonchev–Trinajstić information content (AvgIpc) is 2.76. The van der Waals surface area contributed by atoms with Crippen molar-refractivity contribution in [3.05, 3.63) is 62.6 Å². The fourth-order valence-corrected chi connectivity index (χ4v) is 5.42. The summed E-state index contributed by atoms with van der Waals surface area (Å²) in [5, 5.41) is 1.02. The highest BCUT2D eigenvalue weighted by Gasteiger charge is 2.29. The molecule has 1 aliphatic rings. The van der Waals surface area contributed by atoms with Crippen molar-refractivity contribution in [2.45, 2.75) is 18.4 Å². The largest absolute Gasteiger partial charge is 0.337 e. The Morgan fingerprint density at radius 1 is 0.968 bits per heavy atom. The molecule has 0 atom stereocenters. The monoisotopic (exact) mass is 503 g/mol. The summed E-state index contributed by atoms with van der Waals surface area (Å²) in [6.07, 6.45) is 0. The van der Waals surface area contributed by atoms with Gasteiger partial charge in [-0.3, -0.25) is 4.79 Å². The predicted octanol–water partition coefficient (Wildman–Crippen LogP) is 4.25. The first-order valence-corrected chi connectivity index (χ1v) is 12.4. The van der Waals surface area contributed by atoms with Gasteiger partial charge < -0.3 is 9.80 Å². The maximum absolute atomic E-state index is 13.1. The van der Waals surface area contributed by atoms with E-state index in [2.05, 4.69) is 11.8 Å². The second-order valence-corrected chi connectivity index (χ2v) is 10.5. The Labute approximate surface area is 198 Å². The minimum atomic E-state index is -3.72. The molecule has 0 unspecified atom stereocenters. The zero-order valence-electron chi connectivity index (χ0n) is 17.3. The molecule has 10 heteroatoms. The van der Waals surface area contributed by atoms with Gasteiger partial charge in [-0.15, -0.1) is 0 Å². The van der Waals surface area contributed by atoms with E-state index in [-0.39, 0.29) is 27.9 Å². The first-order chi connectivity index (χ1) is 14.6. The second-order valence-electron chi connectivity index (χ2n) is 7.39. The highest BCUT2D eigenvalue weighted by atomic mass is 35.5. The summed E-state index contributed by atoms with van der Waals surface area (Å²) < 4.78 is 27.7. The van der Waals surface area contributed by atoms with Crippen molar-refractivity contribution in [1.29, 1.82) is 0 Å². The van der Waals surface area contributed by atoms with Crippen molar-refractivity contribution in [2.24, 2.45) is 0 Å². The number of nitrogens with zero attached hydrogens (tertiary/aromatic N) is 3. The molecule has 3 rings (SSSR count). The van der Waals surface area contributed by atoms with Crippen LogP contribution >= 0.6 is 34.8 Å². The van der Waals surface area contributed by atoms with Crippen LogP contribution in [0.5, 0.6) is 0 Å². The lowest BCUT2D eigenvalue weighted by molar-refractivity contribution is 0.0785. The van der Waals surface area contributed by atoms with Crippen molar-refractivity contribution in [2.75, 3.05) is 39.8 Å². The molecule has 0 bridgehead atoms. The number of amides is 1. The molecule has 0 aliphatic carbocycles. The van der Waals surface area contributed by atoms with Gasteiger partial charge in [0.1, 0.15) is 0 Å². The van der Waals surface area contributed by atoms with E-state index in [1.807, 2.05) is 0 Å². The average molecular weight is 505 g/mol. The summed E-state index contributed by atoms with van der Waals surface area (Å²) in [6.45, 7) is 5.40. The third kappa shape index (κ3) is 5.53. The molecule has 1 saturated heterocycles. The van der Waals surface area contributed by atoms with Gasteiger partial charge >= 0.3 is 0 Å². The van der Waals surface area contributed by atoms with Crippen LogP contribution in [0, 0.1) is 0 Å². The smallest absolute Gasteiger partial charge is 0.255 e. The van der Waals surface area contributed by atoms with E-state index >= 15 is 0 Å². The maximum atomic E-state index is 13.1. The van der Waals surface area contributed by atoms with Gasteiger partial charge in [0, 0.05) is 39.8 Å². The first kappa shape index (κ1) is 24.3. The van der Waals surface area contributed by atoms with Crippen molar-refractivity contribution >= 4 is 50.7 Å². The summed E-state index contributed by atoms with van der Waals surface area (Å²) in [7, 11) is -2.10. The van der Waals surface area contributed by atoms with Gasteiger partial charge in [-0.25, -0.2) is 8.42 Å². The van der Waals surface area contributed by atoms with Gasteiger partial charge in [-0.2, -0.15) is 4.31 Å². The Morgan fingerprint density at radius 2 is 1.61 bits per heavy atom. The Hall–Kier alpha value is -1.35. The van der Waals surface area contributed by atoms with Gasteiger partial charge in [0.2, 0.25) is 10.0 Å². The molecule has 0 spiro atoms. The molecule has 31 heavy (non-hydrogen) atoms. The molecular formula is C21H24Cl3N3O3S. The highest BCUT2D eigenvalue weighted by Crippen LogP contribution is 2.26. The molecule has 1 amide bonds. The lowest BCUT2D eigenvalue weighted by Crippen LogP contribution is -2.48. The van der Waals surface area contributed by atoms with Crippen LogP contribution in [0.3, 0.4) is 0 Å². The first-order valence-electron chi connectivity index (χ1n) is 9.85. The van der Waals surface area contributed by atoms with E-state index in [0.717, 1.165) is 12.1 Å². The Kier molecular flexibility index (Phi) is 7.89. The fraction of sp³-hybridized carbons (Fsp3) is 0.381. The van der Waals surface area contributed by atoms with Crippen LogP contribution in [0.1, 0.15) is 22.8 Å². The minimum Gasteiger partial charge on any atom is -0.337 e. The maximum Gasteiger partial charge on any atom is 0.255 e. The number of hydrogen-bond acceptors (Lipinski definition) is 4. The van der Waals surface area contributed by atoms with E-state index < -0.39 is 10.0 Å². The molecule has 0 saturated carbocycles. The number of hydrogen-bond donors (Lipinski definition) is 0. The molecule has 6 nitrogen and oxygen atoms in total. The van der Waals surface area contributed by atoms with Crippen LogP contribution in [-0.4, -0.2) is 68.2 Å². The summed E-state index contributed by atoms with van der Waals surface area (Å²) >= 11 is 18.3. The molecule has 168 valence electrons. The quantitative estimate of drug-likeness (QED) is 0.590. The van der Waals surface area contributed by atoms with Crippen molar-refractivity contribution in [1.82, 2.24) is 14.1 Å². The summed E-state index contributed by atoms with van der Waals surface area (Å²) in [5.74, 6) is -0.385. The van der Waals surface area contributed by atoms with E-state index in [1.54, 1.807) is 25.2 Å². The fourth-order valence-electron chi connectivity index (χ4n) is 3.45. The van der Waals surface area contributed by atoms with Gasteiger partial charge in [0.25, 0.3) is 5.91 Å². The number of sulfonamides is 1. The van der Waals surface area contributed by atoms with Gasteiger partial charge in [0.05, 0.1) is 25.5 Å². The van der Waals surface area contributed by atoms with Crippen LogP contribution in [0.15, 0.2) is 41.3 Å². The molecule has 0 N–H and O–H groups in total. The summed E-state index contributed by atoms with van der Waals surface area (Å²) in [6, 6.07) is 9.38. The van der Waals surface area contributed by atoms with Crippen LogP contribution < -0.4 is 0 Å². The van der Waals surface area contributed by atoms with Crippen molar-refractivity contribution < 1.29 is 13.2 Å². The van der Waals surface area contributed by atoms with Gasteiger partial charge in [-0.1, -0.05) is 47.8 Å². The van der Waals surface area contributed by atoms with E-state index in [9.17, 15) is 13.2 Å². The number of rotatable bonds is 6. The number of carbonyl (C=O) groups is 1. The lowest BCUT2D eigenvalue weighted by Gasteiger charge is -2.33. The van der Waals surface area contributed by atoms with Crippen molar-refractivity contribution in [3.63, 3.8) is 0 Å². The molecule has 0 radical (unpaired) electrons. The number of likely N-dealkylation sites (N-methyl/N-ethyl adjacent to an activating group) is 1. The van der Waals surface area contributed by atoms with Crippen LogP contribution in [0.25, 0.3) is 0 Å². The molecule has 1 aliphatic heterocycles. The van der Waals surface area contributed by atoms with E-state index in [1.165, 1.54) is 27.4 Å². The van der Waals surface area contributed by atoms with E-state index in [0.29, 0.717) is 36.2 Å². The zero-order valence-corrected chi connectivity index (χ0v) is 20.4. The molecule has 1 fully saturated rings. The lowest BCUT2D eigenvalue weighted by atomic mass is 10.1. The number of benzene rings is 2. The van der Waals surface area contributed by atoms with E-state index in [4.69, 9.17) is 34.8 Å². The topological polar surface area (TPSA) is 60.9 Å². The number of carbonyl (C=O) groups excluding carboxylic acids is 1. The molecule has 1 heterocycles. The molecule has 2 aromatic carbocycles. The van der Waals surface area contributed by atoms with Crippen LogP contribution in [0.2, 0.25) is 15.1 Å². The number of halogens is 3. The second kappa shape index (κ2) is 10.1. The molecular weight excluding hydrogens is 481 g/mol. The number of piperazine rings is 1. The summed E-state index contributed by atoms with van der Waals surface area (Å²) in [5.41, 5.74) is 0.927. The Morgan fingerprint density at radius 3 is 2.23 bits per heavy atom. The SMILES string of the molecule is CCN1CCN(S(=O)(=O)c2ccc(Cl)c(C(=O)N(C)Cc3ccc(Cl)c(Cl)c3)c2)CC1. The van der Waals surface area contributed by atoms with Gasteiger partial charge in [-0.05, 0) is 42.4 Å². The van der Waals surface area contributed by atoms with Gasteiger partial charge in [0.15, 0.2) is 0 Å². The molecule has 2 aromatic rings. The predicted molar refractivity (Wildman–Crippen MR) is 125 cm³/mol. The third-order valence-electron chi connectivity index (χ3n) is 5.33. The van der Waals surface area contributed by atoms with Crippen molar-refractivity contribution in [3.8, 4) is 0 Å². The summed E-state index contributed by atoms with van der Waals surface area (Å²) in [4.78, 5) is 16.7. The third-order valence-corrected chi connectivity index (χ3v) is 8.30. The Balaban J connectivity index is 1.81. The van der Waals surface area contributed by atoms with Crippen LogP contribution in [0.4, 0.5) is 0 Å². The Bertz CT molecular complexity index is 1070.